The molecule has 0 aliphatic heterocycles. The summed E-state index contributed by atoms with van der Waals surface area (Å²) in [6.07, 6.45) is 1.34. The molecule has 0 aromatic carbocycles. The molecule has 12 heavy (non-hydrogen) atoms. The molecule has 4 heteroatoms. The molecule has 0 aliphatic rings. The van der Waals surface area contributed by atoms with Crippen LogP contribution in [0.15, 0.2) is 12.8 Å². The lowest BCUT2D eigenvalue weighted by Gasteiger charge is -2.19. The molecule has 70 valence electrons. The first-order valence-corrected chi connectivity index (χ1v) is 3.66. The second-order valence-corrected chi connectivity index (χ2v) is 3.20. The Labute approximate surface area is 72.5 Å². The van der Waals surface area contributed by atoms with Crippen molar-refractivity contribution in [2.24, 2.45) is 0 Å². The Bertz CT molecular complexity index is 160. The van der Waals surface area contributed by atoms with Gasteiger partial charge in [0.25, 0.3) is 0 Å². The van der Waals surface area contributed by atoms with Crippen molar-refractivity contribution >= 4 is 5.97 Å². The molecule has 4 nitrogen and oxygen atoms in total. The van der Waals surface area contributed by atoms with Gasteiger partial charge in [-0.1, -0.05) is 6.58 Å². The first kappa shape index (κ1) is 11.0. The van der Waals surface area contributed by atoms with E-state index in [1.807, 2.05) is 0 Å². The fourth-order valence-corrected chi connectivity index (χ4v) is 0.530. The highest BCUT2D eigenvalue weighted by atomic mass is 16.7. The molecule has 0 unspecified atom stereocenters. The predicted octanol–water partition coefficient (Wildman–Crippen LogP) is 0.993. The maximum absolute atomic E-state index is 10.9. The number of hydrogen-bond acceptors (Lipinski definition) is 4. The number of esters is 1. The number of rotatable bonds is 4. The lowest BCUT2D eigenvalue weighted by atomic mass is 10.2. The second kappa shape index (κ2) is 4.77. The molecule has 0 spiro atoms. The summed E-state index contributed by atoms with van der Waals surface area (Å²) in [6, 6.07) is 0. The zero-order valence-corrected chi connectivity index (χ0v) is 7.72. The predicted molar refractivity (Wildman–Crippen MR) is 45.1 cm³/mol. The second-order valence-electron chi connectivity index (χ2n) is 3.20. The van der Waals surface area contributed by atoms with Crippen molar-refractivity contribution in [3.8, 4) is 0 Å². The summed E-state index contributed by atoms with van der Waals surface area (Å²) in [4.78, 5) is 15.6. The summed E-state index contributed by atoms with van der Waals surface area (Å²) in [5.74, 6) is -0.406. The number of ether oxygens (including phenoxy) is 1. The van der Waals surface area contributed by atoms with Gasteiger partial charge in [-0.2, -0.15) is 0 Å². The van der Waals surface area contributed by atoms with Gasteiger partial charge in [0.05, 0.1) is 0 Å². The molecule has 0 heterocycles. The minimum Gasteiger partial charge on any atom is -0.458 e. The number of carbonyl (C=O) groups is 1. The number of hydroxylamine groups is 1. The minimum absolute atomic E-state index is 0.122. The Morgan fingerprint density at radius 1 is 1.58 bits per heavy atom. The number of nitrogens with one attached hydrogen (secondary N) is 1. The fourth-order valence-electron chi connectivity index (χ4n) is 0.530. The molecule has 0 bridgehead atoms. The molecule has 0 fully saturated rings. The summed E-state index contributed by atoms with van der Waals surface area (Å²) >= 11 is 0. The van der Waals surface area contributed by atoms with Crippen molar-refractivity contribution < 1.29 is 14.4 Å². The van der Waals surface area contributed by atoms with Gasteiger partial charge in [0.15, 0.2) is 6.61 Å². The first-order valence-electron chi connectivity index (χ1n) is 3.66. The lowest BCUT2D eigenvalue weighted by molar-refractivity contribution is -0.162. The summed E-state index contributed by atoms with van der Waals surface area (Å²) in [5, 5.41) is 0. The largest absolute Gasteiger partial charge is 0.458 e. The van der Waals surface area contributed by atoms with Crippen molar-refractivity contribution in [1.82, 2.24) is 5.48 Å². The zero-order chi connectivity index (χ0) is 9.61. The summed E-state index contributed by atoms with van der Waals surface area (Å²) in [7, 11) is 0. The molecular formula is C8H15NO3. The van der Waals surface area contributed by atoms with Crippen LogP contribution in [-0.2, 0) is 14.4 Å². The van der Waals surface area contributed by atoms with Crippen LogP contribution < -0.4 is 5.48 Å². The fraction of sp³-hybridized carbons (Fsp3) is 0.625. The number of carbonyl (C=O) groups excluding carboxylic acids is 1. The SMILES string of the molecule is C=CNOCC(=O)OC(C)(C)C. The van der Waals surface area contributed by atoms with Crippen molar-refractivity contribution in [2.45, 2.75) is 26.4 Å². The van der Waals surface area contributed by atoms with Gasteiger partial charge in [-0.25, -0.2) is 4.79 Å². The van der Waals surface area contributed by atoms with Crippen molar-refractivity contribution in [1.29, 1.82) is 0 Å². The topological polar surface area (TPSA) is 47.6 Å². The van der Waals surface area contributed by atoms with Gasteiger partial charge in [0.2, 0.25) is 0 Å². The van der Waals surface area contributed by atoms with E-state index in [2.05, 4.69) is 16.9 Å². The Morgan fingerprint density at radius 3 is 2.58 bits per heavy atom. The Hall–Kier alpha value is -1.03. The third-order valence-electron chi connectivity index (χ3n) is 0.777. The molecule has 0 saturated heterocycles. The maximum atomic E-state index is 10.9. The molecule has 0 atom stereocenters. The van der Waals surface area contributed by atoms with E-state index in [0.717, 1.165) is 0 Å². The van der Waals surface area contributed by atoms with E-state index >= 15 is 0 Å². The molecule has 1 N–H and O–H groups in total. The monoisotopic (exact) mass is 173 g/mol. The third-order valence-corrected chi connectivity index (χ3v) is 0.777. The van der Waals surface area contributed by atoms with Crippen LogP contribution in [0.2, 0.25) is 0 Å². The van der Waals surface area contributed by atoms with E-state index in [1.165, 1.54) is 6.20 Å². The van der Waals surface area contributed by atoms with Crippen LogP contribution in [0.25, 0.3) is 0 Å². The molecule has 0 radical (unpaired) electrons. The van der Waals surface area contributed by atoms with E-state index in [-0.39, 0.29) is 6.61 Å². The van der Waals surface area contributed by atoms with Gasteiger partial charge >= 0.3 is 5.97 Å². The Balaban J connectivity index is 3.53. The van der Waals surface area contributed by atoms with Crippen LogP contribution in [-0.4, -0.2) is 18.2 Å². The minimum atomic E-state index is -0.464. The van der Waals surface area contributed by atoms with Crippen molar-refractivity contribution in [2.75, 3.05) is 6.61 Å². The van der Waals surface area contributed by atoms with E-state index in [0.29, 0.717) is 0 Å². The molecule has 0 aliphatic carbocycles. The Kier molecular flexibility index (Phi) is 4.36. The van der Waals surface area contributed by atoms with Crippen LogP contribution in [0.3, 0.4) is 0 Å². The Morgan fingerprint density at radius 2 is 2.17 bits per heavy atom. The highest BCUT2D eigenvalue weighted by Crippen LogP contribution is 2.06. The van der Waals surface area contributed by atoms with Gasteiger partial charge in [-0.15, -0.1) is 0 Å². The first-order chi connectivity index (χ1) is 5.45. The van der Waals surface area contributed by atoms with Crippen LogP contribution in [0.1, 0.15) is 20.8 Å². The van der Waals surface area contributed by atoms with Gasteiger partial charge in [-0.05, 0) is 20.8 Å². The normalized spacial score (nSPS) is 10.6. The van der Waals surface area contributed by atoms with E-state index in [1.54, 1.807) is 20.8 Å². The molecule has 0 aromatic heterocycles. The average molecular weight is 173 g/mol. The van der Waals surface area contributed by atoms with Crippen molar-refractivity contribution in [3.63, 3.8) is 0 Å². The number of hydrogen-bond donors (Lipinski definition) is 1. The van der Waals surface area contributed by atoms with Crippen LogP contribution in [0.4, 0.5) is 0 Å². The van der Waals surface area contributed by atoms with Gasteiger partial charge in [-0.3, -0.25) is 10.3 Å². The highest BCUT2D eigenvalue weighted by Gasteiger charge is 2.15. The summed E-state index contributed by atoms with van der Waals surface area (Å²) < 4.78 is 4.95. The molecule has 0 rings (SSSR count). The third kappa shape index (κ3) is 7.08. The van der Waals surface area contributed by atoms with Gasteiger partial charge < -0.3 is 4.74 Å². The molecular weight excluding hydrogens is 158 g/mol. The van der Waals surface area contributed by atoms with Crippen molar-refractivity contribution in [3.05, 3.63) is 12.8 Å². The van der Waals surface area contributed by atoms with Crippen LogP contribution in [0.5, 0.6) is 0 Å². The smallest absolute Gasteiger partial charge is 0.335 e. The van der Waals surface area contributed by atoms with Crippen LogP contribution >= 0.6 is 0 Å². The maximum Gasteiger partial charge on any atom is 0.335 e. The zero-order valence-electron chi connectivity index (χ0n) is 7.72. The molecule has 0 amide bonds. The van der Waals surface area contributed by atoms with E-state index in [4.69, 9.17) is 4.74 Å². The van der Waals surface area contributed by atoms with Crippen LogP contribution in [0, 0.1) is 0 Å². The lowest BCUT2D eigenvalue weighted by Crippen LogP contribution is -2.27. The average Bonchev–Trinajstić information content (AvgIpc) is 1.84. The van der Waals surface area contributed by atoms with Gasteiger partial charge in [0.1, 0.15) is 5.60 Å². The molecule has 0 aromatic rings. The molecule has 0 saturated carbocycles. The standard InChI is InChI=1S/C8H15NO3/c1-5-9-11-6-7(10)12-8(2,3)4/h5,9H,1,6H2,2-4H3. The highest BCUT2D eigenvalue weighted by molar-refractivity contribution is 5.71. The van der Waals surface area contributed by atoms with Gasteiger partial charge in [0, 0.05) is 6.20 Å². The van der Waals surface area contributed by atoms with E-state index in [9.17, 15) is 4.79 Å². The summed E-state index contributed by atoms with van der Waals surface area (Å²) in [5.41, 5.74) is 1.86. The van der Waals surface area contributed by atoms with E-state index < -0.39 is 11.6 Å². The summed E-state index contributed by atoms with van der Waals surface area (Å²) in [6.45, 7) is 8.61. The quantitative estimate of drug-likeness (QED) is 0.391.